The lowest BCUT2D eigenvalue weighted by Crippen LogP contribution is -2.29. The van der Waals surface area contributed by atoms with E-state index in [2.05, 4.69) is 10.3 Å². The number of rotatable bonds is 4. The molecule has 3 amide bonds. The molecule has 3 fully saturated rings. The minimum Gasteiger partial charge on any atom is -0.360 e. The minimum absolute atomic E-state index is 0.00437. The van der Waals surface area contributed by atoms with Crippen LogP contribution in [0.1, 0.15) is 47.5 Å². The van der Waals surface area contributed by atoms with Crippen LogP contribution in [0.5, 0.6) is 0 Å². The Morgan fingerprint density at radius 3 is 2.81 bits per heavy atom. The molecule has 2 aromatic heterocycles. The second-order valence-electron chi connectivity index (χ2n) is 7.62. The zero-order chi connectivity index (χ0) is 18.5. The van der Waals surface area contributed by atoms with Gasteiger partial charge in [0.2, 0.25) is 0 Å². The average Bonchev–Trinajstić information content (AvgIpc) is 3.10. The van der Waals surface area contributed by atoms with Crippen LogP contribution in [0, 0.1) is 0 Å². The fourth-order valence-corrected chi connectivity index (χ4v) is 3.81. The lowest BCUT2D eigenvalue weighted by atomic mass is 10.2. The highest BCUT2D eigenvalue weighted by atomic mass is 16.5. The van der Waals surface area contributed by atoms with Crippen molar-refractivity contribution in [3.05, 3.63) is 29.9 Å². The first kappa shape index (κ1) is 16.3. The topological polar surface area (TPSA) is 87.7 Å². The van der Waals surface area contributed by atoms with Gasteiger partial charge in [-0.2, -0.15) is 5.10 Å². The van der Waals surface area contributed by atoms with Crippen molar-refractivity contribution in [1.82, 2.24) is 24.7 Å². The van der Waals surface area contributed by atoms with Crippen LogP contribution in [0.3, 0.4) is 0 Å². The maximum Gasteiger partial charge on any atom is 0.324 e. The number of aromatic nitrogens is 3. The van der Waals surface area contributed by atoms with Gasteiger partial charge in [-0.1, -0.05) is 5.16 Å². The summed E-state index contributed by atoms with van der Waals surface area (Å²) in [6.45, 7) is 2.64. The summed E-state index contributed by atoms with van der Waals surface area (Å²) < 4.78 is 7.17. The molecule has 0 radical (unpaired) electrons. The Hall–Kier alpha value is -2.84. The van der Waals surface area contributed by atoms with Gasteiger partial charge in [-0.05, 0) is 19.3 Å². The molecule has 1 unspecified atom stereocenters. The summed E-state index contributed by atoms with van der Waals surface area (Å²) in [7, 11) is 1.80. The van der Waals surface area contributed by atoms with Crippen molar-refractivity contribution in [2.24, 2.45) is 0 Å². The predicted octanol–water partition coefficient (Wildman–Crippen LogP) is 1.71. The first-order chi connectivity index (χ1) is 13.1. The Bertz CT molecular complexity index is 885. The summed E-state index contributed by atoms with van der Waals surface area (Å²) in [5.41, 5.74) is 1.20. The van der Waals surface area contributed by atoms with E-state index in [1.165, 1.54) is 0 Å². The number of amides is 3. The fourth-order valence-electron chi connectivity index (χ4n) is 3.81. The number of nitrogens with zero attached hydrogens (tertiary/aromatic N) is 6. The summed E-state index contributed by atoms with van der Waals surface area (Å²) in [5, 5.41) is 8.39. The molecular weight excluding hydrogens is 348 g/mol. The van der Waals surface area contributed by atoms with Crippen molar-refractivity contribution in [1.29, 1.82) is 0 Å². The second-order valence-corrected chi connectivity index (χ2v) is 7.62. The first-order valence-corrected chi connectivity index (χ1v) is 9.43. The van der Waals surface area contributed by atoms with E-state index < -0.39 is 0 Å². The average molecular weight is 370 g/mol. The molecule has 3 aliphatic rings. The van der Waals surface area contributed by atoms with Gasteiger partial charge in [0.15, 0.2) is 5.69 Å². The van der Waals surface area contributed by atoms with Crippen LogP contribution < -0.4 is 4.90 Å². The molecule has 1 atom stereocenters. The van der Waals surface area contributed by atoms with Crippen molar-refractivity contribution in [3.8, 4) is 0 Å². The molecule has 0 N–H and O–H groups in total. The second kappa shape index (κ2) is 6.11. The van der Waals surface area contributed by atoms with Gasteiger partial charge in [0.25, 0.3) is 5.91 Å². The molecule has 2 saturated heterocycles. The van der Waals surface area contributed by atoms with Crippen LogP contribution >= 0.6 is 0 Å². The number of carbonyl (C=O) groups is 2. The number of likely N-dealkylation sites (tertiary alicyclic amines) is 1. The summed E-state index contributed by atoms with van der Waals surface area (Å²) in [6, 6.07) is 1.89. The molecule has 9 heteroatoms. The highest BCUT2D eigenvalue weighted by Crippen LogP contribution is 2.40. The zero-order valence-corrected chi connectivity index (χ0v) is 15.2. The highest BCUT2D eigenvalue weighted by molar-refractivity contribution is 5.93. The molecule has 27 heavy (non-hydrogen) atoms. The third kappa shape index (κ3) is 2.87. The molecule has 1 saturated carbocycles. The molecule has 2 aromatic rings. The maximum atomic E-state index is 12.7. The summed E-state index contributed by atoms with van der Waals surface area (Å²) >= 11 is 0. The Morgan fingerprint density at radius 2 is 2.07 bits per heavy atom. The van der Waals surface area contributed by atoms with E-state index in [9.17, 15) is 9.59 Å². The van der Waals surface area contributed by atoms with E-state index in [1.807, 2.05) is 10.9 Å². The number of anilines is 1. The van der Waals surface area contributed by atoms with E-state index >= 15 is 0 Å². The van der Waals surface area contributed by atoms with Gasteiger partial charge in [-0.3, -0.25) is 14.4 Å². The molecule has 0 aromatic carbocycles. The quantitative estimate of drug-likeness (QED) is 0.818. The van der Waals surface area contributed by atoms with Gasteiger partial charge < -0.3 is 14.3 Å². The Morgan fingerprint density at radius 1 is 1.22 bits per heavy atom. The molecule has 142 valence electrons. The predicted molar refractivity (Wildman–Crippen MR) is 95.6 cm³/mol. The van der Waals surface area contributed by atoms with Crippen LogP contribution in [0.25, 0.3) is 0 Å². The van der Waals surface area contributed by atoms with Crippen LogP contribution in [-0.4, -0.2) is 69.9 Å². The van der Waals surface area contributed by atoms with Crippen molar-refractivity contribution in [3.63, 3.8) is 0 Å². The monoisotopic (exact) mass is 370 g/mol. The first-order valence-electron chi connectivity index (χ1n) is 9.43. The smallest absolute Gasteiger partial charge is 0.324 e. The maximum absolute atomic E-state index is 12.7. The minimum atomic E-state index is -0.0862. The molecule has 0 spiro atoms. The van der Waals surface area contributed by atoms with Crippen molar-refractivity contribution < 1.29 is 14.1 Å². The van der Waals surface area contributed by atoms with Crippen LogP contribution in [0.4, 0.5) is 10.5 Å². The Balaban J connectivity index is 1.25. The SMILES string of the molecule is CN1CCN(c2cnn(C3CCN(C(=O)c4cc(C5CC5)on4)C3)c2)C1=O. The molecule has 9 nitrogen and oxygen atoms in total. The summed E-state index contributed by atoms with van der Waals surface area (Å²) in [4.78, 5) is 30.1. The molecular formula is C18H22N6O3. The summed E-state index contributed by atoms with van der Waals surface area (Å²) in [5.74, 6) is 1.18. The lowest BCUT2D eigenvalue weighted by molar-refractivity contribution is 0.0776. The third-order valence-corrected chi connectivity index (χ3v) is 5.67. The van der Waals surface area contributed by atoms with Crippen LogP contribution in [0.15, 0.2) is 23.0 Å². The van der Waals surface area contributed by atoms with Gasteiger partial charge in [0, 0.05) is 51.4 Å². The van der Waals surface area contributed by atoms with Crippen molar-refractivity contribution in [2.75, 3.05) is 38.1 Å². The number of likely N-dealkylation sites (N-methyl/N-ethyl adjacent to an activating group) is 1. The molecule has 5 rings (SSSR count). The van der Waals surface area contributed by atoms with Gasteiger partial charge >= 0.3 is 6.03 Å². The lowest BCUT2D eigenvalue weighted by Gasteiger charge is -2.15. The fraction of sp³-hybridized carbons (Fsp3) is 0.556. The summed E-state index contributed by atoms with van der Waals surface area (Å²) in [6.07, 6.45) is 6.68. The van der Waals surface area contributed by atoms with E-state index in [-0.39, 0.29) is 18.0 Å². The highest BCUT2D eigenvalue weighted by Gasteiger charge is 2.34. The largest absolute Gasteiger partial charge is 0.360 e. The number of carbonyl (C=O) groups excluding carboxylic acids is 2. The molecule has 1 aliphatic carbocycles. The van der Waals surface area contributed by atoms with E-state index in [1.54, 1.807) is 34.0 Å². The van der Waals surface area contributed by atoms with Crippen LogP contribution in [0.2, 0.25) is 0 Å². The Labute approximate surface area is 156 Å². The van der Waals surface area contributed by atoms with E-state index in [0.717, 1.165) is 37.3 Å². The van der Waals surface area contributed by atoms with E-state index in [4.69, 9.17) is 4.52 Å². The molecule has 2 aliphatic heterocycles. The molecule has 0 bridgehead atoms. The van der Waals surface area contributed by atoms with Crippen molar-refractivity contribution >= 4 is 17.6 Å². The van der Waals surface area contributed by atoms with Gasteiger partial charge in [-0.15, -0.1) is 0 Å². The van der Waals surface area contributed by atoms with Gasteiger partial charge in [0.1, 0.15) is 5.76 Å². The zero-order valence-electron chi connectivity index (χ0n) is 15.2. The number of hydrogen-bond acceptors (Lipinski definition) is 5. The van der Waals surface area contributed by atoms with E-state index in [0.29, 0.717) is 31.2 Å². The third-order valence-electron chi connectivity index (χ3n) is 5.67. The van der Waals surface area contributed by atoms with Crippen molar-refractivity contribution in [2.45, 2.75) is 31.2 Å². The standard InChI is InChI=1S/C18H22N6O3/c1-21-6-7-23(18(21)26)14-9-19-24(11-14)13-4-5-22(10-13)17(25)15-8-16(27-20-15)12-2-3-12/h8-9,11-13H,2-7,10H2,1H3. The number of urea groups is 1. The molecule has 4 heterocycles. The number of hydrogen-bond donors (Lipinski definition) is 0. The normalized spacial score (nSPS) is 22.9. The Kier molecular flexibility index (Phi) is 3.70. The van der Waals surface area contributed by atoms with Gasteiger partial charge in [-0.25, -0.2) is 4.79 Å². The van der Waals surface area contributed by atoms with Crippen LogP contribution in [-0.2, 0) is 0 Å². The van der Waals surface area contributed by atoms with Gasteiger partial charge in [0.05, 0.1) is 17.9 Å².